The number of pyridine rings is 2. The van der Waals surface area contributed by atoms with E-state index in [0.717, 1.165) is 122 Å². The first-order chi connectivity index (χ1) is 57.1. The number of carbonyl (C=O) groups excluding carboxylic acids is 2. The van der Waals surface area contributed by atoms with Gasteiger partial charge in [-0.2, -0.15) is 0 Å². The van der Waals surface area contributed by atoms with Crippen LogP contribution in [0.1, 0.15) is 448 Å². The third kappa shape index (κ3) is 45.7. The lowest BCUT2D eigenvalue weighted by molar-refractivity contribution is 0.0723. The number of unbranched alkanes of at least 4 members (excludes halogenated alkanes) is 54. The molecule has 5 aromatic rings. The third-order valence-electron chi connectivity index (χ3n) is 22.5. The van der Waals surface area contributed by atoms with Gasteiger partial charge < -0.3 is 37.9 Å². The zero-order valence-electron chi connectivity index (χ0n) is 74.3. The predicted molar refractivity (Wildman–Crippen MR) is 480 cm³/mol. The molecule has 3 aromatic carbocycles. The Hall–Kier alpha value is -6.44. The second kappa shape index (κ2) is 68.3. The maximum absolute atomic E-state index is 16.0. The van der Waals surface area contributed by atoms with Gasteiger partial charge in [0, 0.05) is 17.2 Å². The van der Waals surface area contributed by atoms with E-state index in [-0.39, 0.29) is 45.1 Å². The summed E-state index contributed by atoms with van der Waals surface area (Å²) in [5.74, 6) is 0.0995. The minimum absolute atomic E-state index is 0.00618. The van der Waals surface area contributed by atoms with Crippen molar-refractivity contribution in [3.63, 3.8) is 0 Å². The Bertz CT molecular complexity index is 2930. The summed E-state index contributed by atoms with van der Waals surface area (Å²) in [6, 6.07) is 15.1. The molecule has 0 bridgehead atoms. The van der Waals surface area contributed by atoms with Crippen molar-refractivity contribution >= 4 is 11.9 Å². The summed E-state index contributed by atoms with van der Waals surface area (Å²) < 4.78 is 83.7. The Balaban J connectivity index is 1.33. The SMILES string of the molecule is CCCCCCCCCCCCOc1cc(C(=O)Oc2ccc(-c3cc(-c4ccc(OC(=O)c5cc(OCCCCCCCCCCCC)c(OCCCCCCCCCCCC)c(OCCCCCCCCCCCC)c5)cn4)c(F)cc3F)nc2)cc(OCCCCCCCCCCCC)c1OCCCCCCCCCCCC. The van der Waals surface area contributed by atoms with Crippen LogP contribution in [0.15, 0.2) is 73.1 Å². The summed E-state index contributed by atoms with van der Waals surface area (Å²) in [7, 11) is 0. The summed E-state index contributed by atoms with van der Waals surface area (Å²) in [4.78, 5) is 37.9. The Labute approximate surface area is 705 Å². The van der Waals surface area contributed by atoms with Crippen LogP contribution in [0.5, 0.6) is 46.0 Å². The van der Waals surface area contributed by atoms with E-state index < -0.39 is 23.6 Å². The third-order valence-corrected chi connectivity index (χ3v) is 22.5. The fraction of sp³-hybridized carbons (Fsp3) is 0.706. The van der Waals surface area contributed by atoms with Gasteiger partial charge in [0.05, 0.1) is 74.5 Å². The first kappa shape index (κ1) is 100. The fourth-order valence-corrected chi connectivity index (χ4v) is 15.2. The molecule has 0 saturated carbocycles. The topological polar surface area (TPSA) is 134 Å². The summed E-state index contributed by atoms with van der Waals surface area (Å²) in [6.07, 6.45) is 75.0. The van der Waals surface area contributed by atoms with E-state index in [9.17, 15) is 9.59 Å². The second-order valence-corrected chi connectivity index (χ2v) is 33.1. The van der Waals surface area contributed by atoms with Crippen LogP contribution in [-0.4, -0.2) is 61.5 Å². The van der Waals surface area contributed by atoms with Gasteiger partial charge in [0.25, 0.3) is 0 Å². The zero-order chi connectivity index (χ0) is 82.6. The molecule has 2 heterocycles. The van der Waals surface area contributed by atoms with Gasteiger partial charge in [-0.15, -0.1) is 0 Å². The van der Waals surface area contributed by atoms with Crippen LogP contribution < -0.4 is 37.9 Å². The number of carbonyl (C=O) groups is 2. The van der Waals surface area contributed by atoms with Crippen LogP contribution in [-0.2, 0) is 0 Å². The molecule has 116 heavy (non-hydrogen) atoms. The van der Waals surface area contributed by atoms with Gasteiger partial charge in [0.1, 0.15) is 23.1 Å². The Morgan fingerprint density at radius 2 is 0.448 bits per heavy atom. The van der Waals surface area contributed by atoms with Gasteiger partial charge in [0.2, 0.25) is 11.5 Å². The maximum Gasteiger partial charge on any atom is 0.343 e. The quantitative estimate of drug-likeness (QED) is 0.0271. The van der Waals surface area contributed by atoms with Crippen molar-refractivity contribution in [2.45, 2.75) is 427 Å². The van der Waals surface area contributed by atoms with Crippen molar-refractivity contribution in [3.05, 3.63) is 95.8 Å². The van der Waals surface area contributed by atoms with Gasteiger partial charge >= 0.3 is 11.9 Å². The van der Waals surface area contributed by atoms with Crippen molar-refractivity contribution in [1.82, 2.24) is 9.97 Å². The van der Waals surface area contributed by atoms with Crippen molar-refractivity contribution in [2.75, 3.05) is 39.6 Å². The van der Waals surface area contributed by atoms with Crippen LogP contribution in [0.25, 0.3) is 22.5 Å². The van der Waals surface area contributed by atoms with E-state index in [1.54, 1.807) is 36.4 Å². The van der Waals surface area contributed by atoms with Crippen LogP contribution >= 0.6 is 0 Å². The summed E-state index contributed by atoms with van der Waals surface area (Å²) in [6.45, 7) is 16.4. The molecule has 0 aliphatic heterocycles. The number of aromatic nitrogens is 2. The smallest absolute Gasteiger partial charge is 0.343 e. The van der Waals surface area contributed by atoms with Gasteiger partial charge in [-0.05, 0) is 93.1 Å². The lowest BCUT2D eigenvalue weighted by Gasteiger charge is -2.19. The van der Waals surface area contributed by atoms with E-state index in [1.165, 1.54) is 300 Å². The molecule has 0 aliphatic carbocycles. The molecule has 0 amide bonds. The molecule has 2 aromatic heterocycles. The number of nitrogens with zero attached hydrogens (tertiary/aromatic N) is 2. The Kier molecular flexibility index (Phi) is 59.0. The number of esters is 2. The molecule has 0 spiro atoms. The monoisotopic (exact) mass is 1610 g/mol. The van der Waals surface area contributed by atoms with Crippen molar-refractivity contribution < 1.29 is 56.3 Å². The van der Waals surface area contributed by atoms with Gasteiger partial charge in [-0.3, -0.25) is 9.97 Å². The Morgan fingerprint density at radius 3 is 0.647 bits per heavy atom. The van der Waals surface area contributed by atoms with Gasteiger partial charge in [-0.25, -0.2) is 18.4 Å². The summed E-state index contributed by atoms with van der Waals surface area (Å²) in [5.41, 5.74) is 0.832. The lowest BCUT2D eigenvalue weighted by Crippen LogP contribution is -2.12. The molecule has 654 valence electrons. The number of hydrogen-bond acceptors (Lipinski definition) is 12. The van der Waals surface area contributed by atoms with E-state index in [1.807, 2.05) is 0 Å². The normalized spacial score (nSPS) is 11.4. The maximum atomic E-state index is 16.0. The average Bonchev–Trinajstić information content (AvgIpc) is 0.809. The molecule has 0 saturated heterocycles. The lowest BCUT2D eigenvalue weighted by atomic mass is 10.0. The largest absolute Gasteiger partial charge is 0.490 e. The molecule has 0 fully saturated rings. The van der Waals surface area contributed by atoms with Crippen LogP contribution in [0.2, 0.25) is 0 Å². The number of ether oxygens (including phenoxy) is 8. The highest BCUT2D eigenvalue weighted by atomic mass is 19.1. The van der Waals surface area contributed by atoms with Crippen molar-refractivity contribution in [3.8, 4) is 68.5 Å². The first-order valence-electron chi connectivity index (χ1n) is 48.1. The minimum atomic E-state index is -0.839. The van der Waals surface area contributed by atoms with E-state index in [2.05, 4.69) is 51.5 Å². The summed E-state index contributed by atoms with van der Waals surface area (Å²) >= 11 is 0. The number of halogens is 2. The summed E-state index contributed by atoms with van der Waals surface area (Å²) in [5, 5.41) is 0. The van der Waals surface area contributed by atoms with Gasteiger partial charge in [-0.1, -0.05) is 388 Å². The second-order valence-electron chi connectivity index (χ2n) is 33.1. The van der Waals surface area contributed by atoms with Crippen LogP contribution in [0.3, 0.4) is 0 Å². The highest BCUT2D eigenvalue weighted by molar-refractivity contribution is 5.93. The fourth-order valence-electron chi connectivity index (χ4n) is 15.2. The highest BCUT2D eigenvalue weighted by Crippen LogP contribution is 2.43. The molecule has 12 nitrogen and oxygen atoms in total. The van der Waals surface area contributed by atoms with E-state index in [4.69, 9.17) is 37.9 Å². The number of rotatable bonds is 78. The molecule has 14 heteroatoms. The van der Waals surface area contributed by atoms with Crippen molar-refractivity contribution in [1.29, 1.82) is 0 Å². The molecule has 0 N–H and O–H groups in total. The van der Waals surface area contributed by atoms with E-state index >= 15 is 8.78 Å². The molecule has 5 rings (SSSR count). The van der Waals surface area contributed by atoms with E-state index in [0.29, 0.717) is 74.1 Å². The molecule has 0 atom stereocenters. The number of hydrogen-bond donors (Lipinski definition) is 0. The molecule has 0 radical (unpaired) electrons. The average molecular weight is 1610 g/mol. The molecular weight excluding hydrogens is 1450 g/mol. The van der Waals surface area contributed by atoms with Crippen LogP contribution in [0, 0.1) is 11.6 Å². The van der Waals surface area contributed by atoms with Crippen molar-refractivity contribution in [2.24, 2.45) is 0 Å². The first-order valence-corrected chi connectivity index (χ1v) is 48.1. The van der Waals surface area contributed by atoms with Crippen LogP contribution in [0.4, 0.5) is 8.78 Å². The Morgan fingerprint density at radius 1 is 0.250 bits per heavy atom. The molecular formula is C102H162F2N2O10. The number of benzene rings is 3. The standard InChI is InChI=1S/C102H162F2N2O10/c1-7-13-19-25-31-37-43-49-55-61-71-109-95-77-85(78-96(110-72-62-56-50-44-38-32-26-20-14-8-2)99(95)113-75-65-59-53-47-41-35-29-23-17-11-5)101(107)115-87-67-69-93(105-83-87)89-81-90(92(104)82-91(89)103)94-70-68-88(84-106-94)116-102(108)86-79-97(111-73-63-57-51-45-39-33-27-21-15-9-3)100(114-76-66-60-54-48-42-36-30-24-18-12-6)98(80-86)112-74-64-58-52-46-40-34-28-22-16-10-4/h67-70,77-84H,7-66,71-76H2,1-6H3. The molecule has 0 aliphatic rings. The molecule has 0 unspecified atom stereocenters. The highest BCUT2D eigenvalue weighted by Gasteiger charge is 2.24. The van der Waals surface area contributed by atoms with Gasteiger partial charge in [0.15, 0.2) is 23.0 Å². The minimum Gasteiger partial charge on any atom is -0.490 e. The predicted octanol–water partition coefficient (Wildman–Crippen LogP) is 32.3. The zero-order valence-corrected chi connectivity index (χ0v) is 74.3.